The summed E-state index contributed by atoms with van der Waals surface area (Å²) in [6.45, 7) is 0. The van der Waals surface area contributed by atoms with Crippen LogP contribution in [0.2, 0.25) is 10.0 Å². The fourth-order valence-corrected chi connectivity index (χ4v) is 1.26. The molecule has 0 bridgehead atoms. The van der Waals surface area contributed by atoms with Crippen molar-refractivity contribution in [2.45, 2.75) is 0 Å². The van der Waals surface area contributed by atoms with Crippen molar-refractivity contribution in [1.29, 1.82) is 0 Å². The molecule has 58 valence electrons. The van der Waals surface area contributed by atoms with Crippen molar-refractivity contribution in [2.75, 3.05) is 7.05 Å². The average Bonchev–Trinajstić information content (AvgIpc) is 1.97. The molecule has 1 aromatic carbocycles. The Morgan fingerprint density at radius 2 is 1.82 bits per heavy atom. The zero-order valence-corrected chi connectivity index (χ0v) is 7.52. The highest BCUT2D eigenvalue weighted by Gasteiger charge is 2.00. The molecule has 0 saturated carbocycles. The van der Waals surface area contributed by atoms with E-state index in [2.05, 4.69) is 4.99 Å². The van der Waals surface area contributed by atoms with Crippen molar-refractivity contribution in [2.24, 2.45) is 4.99 Å². The van der Waals surface area contributed by atoms with Gasteiger partial charge in [0.05, 0.1) is 10.0 Å². The molecule has 0 aromatic heterocycles. The zero-order chi connectivity index (χ0) is 8.27. The SMILES string of the molecule is CN=Cc1c(Cl)cccc1Cl. The predicted molar refractivity (Wildman–Crippen MR) is 50.0 cm³/mol. The van der Waals surface area contributed by atoms with Crippen LogP contribution in [-0.4, -0.2) is 13.3 Å². The van der Waals surface area contributed by atoms with Gasteiger partial charge >= 0.3 is 0 Å². The van der Waals surface area contributed by atoms with Gasteiger partial charge in [-0.1, -0.05) is 29.3 Å². The van der Waals surface area contributed by atoms with Gasteiger partial charge < -0.3 is 0 Å². The molecule has 0 radical (unpaired) electrons. The molecule has 0 atom stereocenters. The lowest BCUT2D eigenvalue weighted by Gasteiger charge is -1.98. The minimum atomic E-state index is 0.628. The van der Waals surface area contributed by atoms with Gasteiger partial charge in [0, 0.05) is 18.8 Å². The highest BCUT2D eigenvalue weighted by atomic mass is 35.5. The van der Waals surface area contributed by atoms with Gasteiger partial charge in [0.25, 0.3) is 0 Å². The van der Waals surface area contributed by atoms with Crippen LogP contribution in [0.15, 0.2) is 23.2 Å². The van der Waals surface area contributed by atoms with Crippen LogP contribution in [0.5, 0.6) is 0 Å². The second kappa shape index (κ2) is 3.74. The lowest BCUT2D eigenvalue weighted by Crippen LogP contribution is -1.83. The van der Waals surface area contributed by atoms with Crippen LogP contribution in [0.1, 0.15) is 5.56 Å². The molecular weight excluding hydrogens is 181 g/mol. The zero-order valence-electron chi connectivity index (χ0n) is 6.01. The van der Waals surface area contributed by atoms with Crippen molar-refractivity contribution < 1.29 is 0 Å². The van der Waals surface area contributed by atoms with Crippen LogP contribution in [0, 0.1) is 0 Å². The standard InChI is InChI=1S/C8H7Cl2N/c1-11-5-6-7(9)3-2-4-8(6)10/h2-5H,1H3. The van der Waals surface area contributed by atoms with E-state index < -0.39 is 0 Å². The Morgan fingerprint density at radius 3 is 2.27 bits per heavy atom. The quantitative estimate of drug-likeness (QED) is 0.600. The van der Waals surface area contributed by atoms with E-state index in [1.165, 1.54) is 0 Å². The first-order valence-corrected chi connectivity index (χ1v) is 3.87. The van der Waals surface area contributed by atoms with E-state index in [-0.39, 0.29) is 0 Å². The lowest BCUT2D eigenvalue weighted by molar-refractivity contribution is 1.46. The molecule has 0 amide bonds. The summed E-state index contributed by atoms with van der Waals surface area (Å²) in [4.78, 5) is 3.83. The molecular formula is C8H7Cl2N. The monoisotopic (exact) mass is 187 g/mol. The molecule has 11 heavy (non-hydrogen) atoms. The summed E-state index contributed by atoms with van der Waals surface area (Å²) in [5, 5.41) is 1.26. The summed E-state index contributed by atoms with van der Waals surface area (Å²) < 4.78 is 0. The minimum absolute atomic E-state index is 0.628. The van der Waals surface area contributed by atoms with E-state index in [9.17, 15) is 0 Å². The van der Waals surface area contributed by atoms with E-state index in [0.717, 1.165) is 5.56 Å². The summed E-state index contributed by atoms with van der Waals surface area (Å²) in [6.07, 6.45) is 1.64. The van der Waals surface area contributed by atoms with Crippen LogP contribution >= 0.6 is 23.2 Å². The molecule has 0 aliphatic rings. The van der Waals surface area contributed by atoms with Crippen molar-refractivity contribution in [3.05, 3.63) is 33.8 Å². The number of rotatable bonds is 1. The molecule has 0 heterocycles. The van der Waals surface area contributed by atoms with Crippen molar-refractivity contribution >= 4 is 29.4 Å². The normalized spacial score (nSPS) is 10.8. The van der Waals surface area contributed by atoms with E-state index in [4.69, 9.17) is 23.2 Å². The van der Waals surface area contributed by atoms with Gasteiger partial charge in [-0.25, -0.2) is 0 Å². The fraction of sp³-hybridized carbons (Fsp3) is 0.125. The van der Waals surface area contributed by atoms with Gasteiger partial charge in [-0.2, -0.15) is 0 Å². The molecule has 0 N–H and O–H groups in total. The first-order valence-electron chi connectivity index (χ1n) is 3.12. The maximum Gasteiger partial charge on any atom is 0.0508 e. The molecule has 1 rings (SSSR count). The average molecular weight is 188 g/mol. The third-order valence-corrected chi connectivity index (χ3v) is 1.92. The van der Waals surface area contributed by atoms with Crippen LogP contribution in [0.25, 0.3) is 0 Å². The first kappa shape index (κ1) is 8.57. The third-order valence-electron chi connectivity index (χ3n) is 1.26. The minimum Gasteiger partial charge on any atom is -0.296 e. The Morgan fingerprint density at radius 1 is 1.27 bits per heavy atom. The number of aliphatic imine (C=N–C) groups is 1. The van der Waals surface area contributed by atoms with Crippen LogP contribution in [0.4, 0.5) is 0 Å². The number of benzene rings is 1. The van der Waals surface area contributed by atoms with Crippen molar-refractivity contribution in [1.82, 2.24) is 0 Å². The van der Waals surface area contributed by atoms with Gasteiger partial charge in [-0.15, -0.1) is 0 Å². The first-order chi connectivity index (χ1) is 5.25. The number of halogens is 2. The molecule has 0 unspecified atom stereocenters. The molecule has 0 saturated heterocycles. The van der Waals surface area contributed by atoms with Crippen LogP contribution in [-0.2, 0) is 0 Å². The summed E-state index contributed by atoms with van der Waals surface area (Å²) >= 11 is 11.7. The molecule has 0 aliphatic heterocycles. The Labute approximate surface area is 75.7 Å². The van der Waals surface area contributed by atoms with Crippen LogP contribution in [0.3, 0.4) is 0 Å². The summed E-state index contributed by atoms with van der Waals surface area (Å²) in [6, 6.07) is 5.37. The number of nitrogens with zero attached hydrogens (tertiary/aromatic N) is 1. The second-order valence-electron chi connectivity index (χ2n) is 2.02. The fourth-order valence-electron chi connectivity index (χ4n) is 0.763. The molecule has 3 heteroatoms. The Hall–Kier alpha value is -0.530. The van der Waals surface area contributed by atoms with E-state index in [1.54, 1.807) is 31.5 Å². The van der Waals surface area contributed by atoms with Gasteiger partial charge in [-0.05, 0) is 12.1 Å². The lowest BCUT2D eigenvalue weighted by atomic mass is 10.2. The molecule has 0 spiro atoms. The van der Waals surface area contributed by atoms with E-state index >= 15 is 0 Å². The summed E-state index contributed by atoms with van der Waals surface area (Å²) in [5.74, 6) is 0. The van der Waals surface area contributed by atoms with Gasteiger partial charge in [0.15, 0.2) is 0 Å². The largest absolute Gasteiger partial charge is 0.296 e. The smallest absolute Gasteiger partial charge is 0.0508 e. The molecule has 0 fully saturated rings. The number of hydrogen-bond acceptors (Lipinski definition) is 1. The molecule has 0 aliphatic carbocycles. The topological polar surface area (TPSA) is 12.4 Å². The molecule has 1 nitrogen and oxygen atoms in total. The maximum absolute atomic E-state index is 5.83. The molecule has 1 aromatic rings. The van der Waals surface area contributed by atoms with Gasteiger partial charge in [0.2, 0.25) is 0 Å². The van der Waals surface area contributed by atoms with E-state index in [0.29, 0.717) is 10.0 Å². The van der Waals surface area contributed by atoms with Crippen molar-refractivity contribution in [3.8, 4) is 0 Å². The maximum atomic E-state index is 5.83. The van der Waals surface area contributed by atoms with Crippen LogP contribution < -0.4 is 0 Å². The second-order valence-corrected chi connectivity index (χ2v) is 2.84. The third kappa shape index (κ3) is 1.95. The van der Waals surface area contributed by atoms with Crippen molar-refractivity contribution in [3.63, 3.8) is 0 Å². The Balaban J connectivity index is 3.20. The predicted octanol–water partition coefficient (Wildman–Crippen LogP) is 3.04. The Kier molecular flexibility index (Phi) is 2.92. The van der Waals surface area contributed by atoms with Gasteiger partial charge in [0.1, 0.15) is 0 Å². The van der Waals surface area contributed by atoms with Gasteiger partial charge in [-0.3, -0.25) is 4.99 Å². The van der Waals surface area contributed by atoms with E-state index in [1.807, 2.05) is 0 Å². The summed E-state index contributed by atoms with van der Waals surface area (Å²) in [5.41, 5.74) is 0.776. The highest BCUT2D eigenvalue weighted by Crippen LogP contribution is 2.21. The highest BCUT2D eigenvalue weighted by molar-refractivity contribution is 6.38. The number of hydrogen-bond donors (Lipinski definition) is 0. The summed E-state index contributed by atoms with van der Waals surface area (Å²) in [7, 11) is 1.68. The Bertz CT molecular complexity index is 261.